The van der Waals surface area contributed by atoms with Gasteiger partial charge in [-0.25, -0.2) is 0 Å². The molecule has 1 aliphatic rings. The molecule has 8 heteroatoms. The fourth-order valence-electron chi connectivity index (χ4n) is 1.49. The van der Waals surface area contributed by atoms with Crippen LogP contribution in [-0.4, -0.2) is 23.3 Å². The molecule has 1 saturated carbocycles. The first-order valence-electron chi connectivity index (χ1n) is 6.03. The lowest BCUT2D eigenvalue weighted by atomic mass is 10.3. The molecule has 2 N–H and O–H groups in total. The Labute approximate surface area is 114 Å². The SMILES string of the molecule is O=C(COc1ccccc1[N+](=O)[O-])NNC(=O)C1CC1. The van der Waals surface area contributed by atoms with Crippen LogP contribution >= 0.6 is 0 Å². The van der Waals surface area contributed by atoms with Crippen LogP contribution in [0, 0.1) is 16.0 Å². The molecule has 1 aliphatic carbocycles. The summed E-state index contributed by atoms with van der Waals surface area (Å²) in [5.41, 5.74) is 4.23. The van der Waals surface area contributed by atoms with Gasteiger partial charge in [-0.1, -0.05) is 12.1 Å². The Bertz CT molecular complexity index is 542. The molecule has 0 spiro atoms. The number of ether oxygens (including phenoxy) is 1. The highest BCUT2D eigenvalue weighted by Crippen LogP contribution is 2.28. The topological polar surface area (TPSA) is 111 Å². The number of para-hydroxylation sites is 2. The average Bonchev–Trinajstić information content (AvgIpc) is 3.27. The molecule has 1 aromatic rings. The van der Waals surface area contributed by atoms with E-state index in [1.807, 2.05) is 0 Å². The maximum atomic E-state index is 11.4. The number of benzene rings is 1. The van der Waals surface area contributed by atoms with E-state index in [0.717, 1.165) is 12.8 Å². The van der Waals surface area contributed by atoms with Crippen molar-refractivity contribution in [3.63, 3.8) is 0 Å². The number of nitro groups is 1. The van der Waals surface area contributed by atoms with Gasteiger partial charge in [-0.15, -0.1) is 0 Å². The van der Waals surface area contributed by atoms with E-state index in [9.17, 15) is 19.7 Å². The molecule has 1 fully saturated rings. The minimum Gasteiger partial charge on any atom is -0.477 e. The van der Waals surface area contributed by atoms with Crippen molar-refractivity contribution in [1.29, 1.82) is 0 Å². The van der Waals surface area contributed by atoms with Gasteiger partial charge < -0.3 is 4.74 Å². The fraction of sp³-hybridized carbons (Fsp3) is 0.333. The monoisotopic (exact) mass is 279 g/mol. The predicted molar refractivity (Wildman–Crippen MR) is 67.6 cm³/mol. The summed E-state index contributed by atoms with van der Waals surface area (Å²) in [5.74, 6) is -0.839. The molecule has 2 amide bonds. The van der Waals surface area contributed by atoms with Crippen molar-refractivity contribution in [2.75, 3.05) is 6.61 Å². The standard InChI is InChI=1S/C12H13N3O5/c16-11(13-14-12(17)8-5-6-8)7-20-10-4-2-1-3-9(10)15(18)19/h1-4,8H,5-7H2,(H,13,16)(H,14,17). The lowest BCUT2D eigenvalue weighted by molar-refractivity contribution is -0.385. The number of rotatable bonds is 5. The minimum atomic E-state index is -0.595. The van der Waals surface area contributed by atoms with Gasteiger partial charge in [0.25, 0.3) is 5.91 Å². The van der Waals surface area contributed by atoms with E-state index in [0.29, 0.717) is 0 Å². The Balaban J connectivity index is 1.80. The molecule has 1 aromatic carbocycles. The molecule has 0 radical (unpaired) electrons. The van der Waals surface area contributed by atoms with Crippen molar-refractivity contribution in [2.45, 2.75) is 12.8 Å². The third kappa shape index (κ3) is 3.67. The van der Waals surface area contributed by atoms with Crippen LogP contribution in [0.25, 0.3) is 0 Å². The number of carbonyl (C=O) groups is 2. The minimum absolute atomic E-state index is 0.00108. The zero-order valence-corrected chi connectivity index (χ0v) is 10.5. The van der Waals surface area contributed by atoms with Crippen LogP contribution in [-0.2, 0) is 9.59 Å². The maximum Gasteiger partial charge on any atom is 0.310 e. The number of hydrogen-bond donors (Lipinski definition) is 2. The molecule has 0 aliphatic heterocycles. The second kappa shape index (κ2) is 6.00. The number of amides is 2. The highest BCUT2D eigenvalue weighted by Gasteiger charge is 2.29. The normalized spacial score (nSPS) is 13.4. The first-order valence-corrected chi connectivity index (χ1v) is 6.03. The van der Waals surface area contributed by atoms with E-state index in [4.69, 9.17) is 4.74 Å². The quantitative estimate of drug-likeness (QED) is 0.603. The highest BCUT2D eigenvalue weighted by atomic mass is 16.6. The van der Waals surface area contributed by atoms with Crippen LogP contribution in [0.2, 0.25) is 0 Å². The van der Waals surface area contributed by atoms with Gasteiger partial charge in [-0.3, -0.25) is 30.6 Å². The Morgan fingerprint density at radius 3 is 2.65 bits per heavy atom. The molecular formula is C12H13N3O5. The van der Waals surface area contributed by atoms with E-state index >= 15 is 0 Å². The highest BCUT2D eigenvalue weighted by molar-refractivity contribution is 5.85. The molecule has 106 valence electrons. The summed E-state index contributed by atoms with van der Waals surface area (Å²) in [4.78, 5) is 32.8. The number of nitrogens with zero attached hydrogens (tertiary/aromatic N) is 1. The van der Waals surface area contributed by atoms with Gasteiger partial charge in [0.1, 0.15) is 0 Å². The summed E-state index contributed by atoms with van der Waals surface area (Å²) in [6.07, 6.45) is 1.66. The lowest BCUT2D eigenvalue weighted by Crippen LogP contribution is -2.44. The Morgan fingerprint density at radius 2 is 2.00 bits per heavy atom. The second-order valence-electron chi connectivity index (χ2n) is 4.33. The first-order chi connectivity index (χ1) is 9.58. The third-order valence-electron chi connectivity index (χ3n) is 2.69. The summed E-state index contributed by atoms with van der Waals surface area (Å²) in [6.45, 7) is -0.421. The van der Waals surface area contributed by atoms with E-state index in [1.165, 1.54) is 18.2 Å². The molecule has 0 aromatic heterocycles. The lowest BCUT2D eigenvalue weighted by Gasteiger charge is -2.08. The van der Waals surface area contributed by atoms with Crippen LogP contribution < -0.4 is 15.6 Å². The summed E-state index contributed by atoms with van der Waals surface area (Å²) < 4.78 is 5.06. The second-order valence-corrected chi connectivity index (χ2v) is 4.33. The molecule has 0 unspecified atom stereocenters. The molecule has 0 atom stereocenters. The molecule has 20 heavy (non-hydrogen) atoms. The van der Waals surface area contributed by atoms with Gasteiger partial charge in [0.2, 0.25) is 5.91 Å². The average molecular weight is 279 g/mol. The maximum absolute atomic E-state index is 11.4. The van der Waals surface area contributed by atoms with Crippen LogP contribution in [0.1, 0.15) is 12.8 Å². The largest absolute Gasteiger partial charge is 0.477 e. The smallest absolute Gasteiger partial charge is 0.310 e. The first kappa shape index (κ1) is 13.8. The Hall–Kier alpha value is -2.64. The molecule has 2 rings (SSSR count). The number of nitrogens with one attached hydrogen (secondary N) is 2. The van der Waals surface area contributed by atoms with Crippen LogP contribution in [0.5, 0.6) is 5.75 Å². The number of nitro benzene ring substituents is 1. The molecular weight excluding hydrogens is 266 g/mol. The van der Waals surface area contributed by atoms with Gasteiger partial charge in [0, 0.05) is 12.0 Å². The van der Waals surface area contributed by atoms with Crippen molar-refractivity contribution >= 4 is 17.5 Å². The Morgan fingerprint density at radius 1 is 1.30 bits per heavy atom. The van der Waals surface area contributed by atoms with Gasteiger partial charge >= 0.3 is 5.69 Å². The number of hydrazine groups is 1. The summed E-state index contributed by atoms with van der Waals surface area (Å²) >= 11 is 0. The van der Waals surface area contributed by atoms with Gasteiger partial charge in [0.15, 0.2) is 12.4 Å². The fourth-order valence-corrected chi connectivity index (χ4v) is 1.49. The number of hydrogen-bond acceptors (Lipinski definition) is 5. The van der Waals surface area contributed by atoms with Crippen LogP contribution in [0.15, 0.2) is 24.3 Å². The van der Waals surface area contributed by atoms with Gasteiger partial charge in [-0.05, 0) is 18.9 Å². The summed E-state index contributed by atoms with van der Waals surface area (Å²) in [6, 6.07) is 5.74. The van der Waals surface area contributed by atoms with E-state index in [1.54, 1.807) is 6.07 Å². The molecule has 0 bridgehead atoms. The van der Waals surface area contributed by atoms with Gasteiger partial charge in [0.05, 0.1) is 4.92 Å². The van der Waals surface area contributed by atoms with Gasteiger partial charge in [-0.2, -0.15) is 0 Å². The summed E-state index contributed by atoms with van der Waals surface area (Å²) in [5, 5.41) is 10.7. The molecule has 0 saturated heterocycles. The molecule has 8 nitrogen and oxygen atoms in total. The van der Waals surface area contributed by atoms with Crippen LogP contribution in [0.4, 0.5) is 5.69 Å². The Kier molecular flexibility index (Phi) is 4.14. The van der Waals surface area contributed by atoms with E-state index in [2.05, 4.69) is 10.9 Å². The van der Waals surface area contributed by atoms with Crippen molar-refractivity contribution in [2.24, 2.45) is 5.92 Å². The van der Waals surface area contributed by atoms with Crippen LogP contribution in [0.3, 0.4) is 0 Å². The predicted octanol–water partition coefficient (Wildman–Crippen LogP) is 0.531. The zero-order chi connectivity index (χ0) is 14.5. The summed E-state index contributed by atoms with van der Waals surface area (Å²) in [7, 11) is 0. The zero-order valence-electron chi connectivity index (χ0n) is 10.5. The van der Waals surface area contributed by atoms with E-state index < -0.39 is 17.4 Å². The van der Waals surface area contributed by atoms with Crippen molar-refractivity contribution < 1.29 is 19.2 Å². The van der Waals surface area contributed by atoms with Crippen molar-refractivity contribution in [1.82, 2.24) is 10.9 Å². The van der Waals surface area contributed by atoms with Crippen molar-refractivity contribution in [3.05, 3.63) is 34.4 Å². The number of carbonyl (C=O) groups excluding carboxylic acids is 2. The van der Waals surface area contributed by atoms with E-state index in [-0.39, 0.29) is 23.3 Å². The third-order valence-corrected chi connectivity index (χ3v) is 2.69. The van der Waals surface area contributed by atoms with Crippen molar-refractivity contribution in [3.8, 4) is 5.75 Å². The molecule has 0 heterocycles.